The van der Waals surface area contributed by atoms with Crippen molar-refractivity contribution in [3.05, 3.63) is 41.2 Å². The van der Waals surface area contributed by atoms with Gasteiger partial charge in [0.15, 0.2) is 5.96 Å². The molecule has 8 nitrogen and oxygen atoms in total. The van der Waals surface area contributed by atoms with Crippen LogP contribution >= 0.6 is 24.0 Å². The Morgan fingerprint density at radius 2 is 2.00 bits per heavy atom. The quantitative estimate of drug-likeness (QED) is 0.307. The summed E-state index contributed by atoms with van der Waals surface area (Å²) >= 11 is 0. The number of carbonyl (C=O) groups is 1. The number of aromatic nitrogens is 1. The van der Waals surface area contributed by atoms with Gasteiger partial charge >= 0.3 is 0 Å². The van der Waals surface area contributed by atoms with E-state index in [2.05, 4.69) is 26.1 Å². The molecule has 0 saturated carbocycles. The Kier molecular flexibility index (Phi) is 9.78. The van der Waals surface area contributed by atoms with Crippen LogP contribution in [0.2, 0.25) is 0 Å². The molecule has 0 aromatic carbocycles. The van der Waals surface area contributed by atoms with Crippen LogP contribution in [-0.4, -0.2) is 30.6 Å². The third-order valence-electron chi connectivity index (χ3n) is 3.72. The van der Waals surface area contributed by atoms with Crippen molar-refractivity contribution in [2.45, 2.75) is 39.8 Å². The maximum Gasteiger partial charge on any atom is 0.239 e. The lowest BCUT2D eigenvalue weighted by Gasteiger charge is -2.12. The molecule has 0 aliphatic heterocycles. The van der Waals surface area contributed by atoms with Crippen molar-refractivity contribution < 1.29 is 13.7 Å². The van der Waals surface area contributed by atoms with Crippen LogP contribution in [0.15, 0.2) is 32.3 Å². The van der Waals surface area contributed by atoms with Crippen molar-refractivity contribution >= 4 is 35.8 Å². The number of rotatable bonds is 8. The molecule has 2 aromatic rings. The van der Waals surface area contributed by atoms with E-state index >= 15 is 0 Å². The van der Waals surface area contributed by atoms with Crippen molar-refractivity contribution in [1.82, 2.24) is 21.1 Å². The van der Waals surface area contributed by atoms with Crippen molar-refractivity contribution in [3.63, 3.8) is 0 Å². The minimum Gasteiger partial charge on any atom is -0.467 e. The van der Waals surface area contributed by atoms with E-state index in [1.54, 1.807) is 19.4 Å². The van der Waals surface area contributed by atoms with E-state index < -0.39 is 0 Å². The van der Waals surface area contributed by atoms with Gasteiger partial charge in [-0.2, -0.15) is 0 Å². The van der Waals surface area contributed by atoms with Crippen molar-refractivity contribution in [2.24, 2.45) is 4.99 Å². The molecule has 0 atom stereocenters. The summed E-state index contributed by atoms with van der Waals surface area (Å²) in [7, 11) is 1.66. The van der Waals surface area contributed by atoms with Crippen LogP contribution in [0.4, 0.5) is 0 Å². The first-order valence-electron chi connectivity index (χ1n) is 8.37. The third-order valence-corrected chi connectivity index (χ3v) is 3.72. The number of amides is 1. The molecule has 0 aliphatic rings. The minimum absolute atomic E-state index is 0. The second-order valence-corrected chi connectivity index (χ2v) is 5.37. The molecule has 0 fully saturated rings. The molecule has 2 rings (SSSR count). The number of aryl methyl sites for hydroxylation is 2. The molecule has 3 N–H and O–H groups in total. The average Bonchev–Trinajstić information content (AvgIpc) is 3.29. The number of aliphatic imine (C=N–C) groups is 1. The van der Waals surface area contributed by atoms with Crippen molar-refractivity contribution in [1.29, 1.82) is 0 Å². The lowest BCUT2D eigenvalue weighted by Crippen LogP contribution is -2.42. The smallest absolute Gasteiger partial charge is 0.239 e. The summed E-state index contributed by atoms with van der Waals surface area (Å²) < 4.78 is 10.5. The molecule has 144 valence electrons. The maximum atomic E-state index is 11.9. The van der Waals surface area contributed by atoms with Crippen molar-refractivity contribution in [2.75, 3.05) is 13.6 Å². The maximum absolute atomic E-state index is 11.9. The SMILES string of the molecule is CCc1noc(CC)c1CNC(=NC)NCC(=O)NCc1ccco1.I. The Balaban J connectivity index is 0.00000338. The Bertz CT molecular complexity index is 676. The van der Waals surface area contributed by atoms with E-state index in [1.807, 2.05) is 19.9 Å². The summed E-state index contributed by atoms with van der Waals surface area (Å²) in [6.07, 6.45) is 3.16. The van der Waals surface area contributed by atoms with Gasteiger partial charge in [0.05, 0.1) is 25.0 Å². The highest BCUT2D eigenvalue weighted by Crippen LogP contribution is 2.15. The number of furan rings is 1. The molecule has 0 aliphatic carbocycles. The molecule has 26 heavy (non-hydrogen) atoms. The first-order valence-corrected chi connectivity index (χ1v) is 8.37. The fourth-order valence-corrected chi connectivity index (χ4v) is 2.36. The first kappa shape index (κ1) is 22.0. The van der Waals surface area contributed by atoms with Crippen LogP contribution in [0.3, 0.4) is 0 Å². The van der Waals surface area contributed by atoms with E-state index in [4.69, 9.17) is 8.94 Å². The molecule has 2 aromatic heterocycles. The summed E-state index contributed by atoms with van der Waals surface area (Å²) in [5.74, 6) is 1.98. The summed E-state index contributed by atoms with van der Waals surface area (Å²) in [4.78, 5) is 16.0. The van der Waals surface area contributed by atoms with Gasteiger partial charge < -0.3 is 24.9 Å². The highest BCUT2D eigenvalue weighted by Gasteiger charge is 2.13. The number of halogens is 1. The second kappa shape index (κ2) is 11.6. The fraction of sp³-hybridized carbons (Fsp3) is 0.471. The van der Waals surface area contributed by atoms with Gasteiger partial charge in [-0.1, -0.05) is 19.0 Å². The average molecular weight is 475 g/mol. The van der Waals surface area contributed by atoms with Gasteiger partial charge in [-0.3, -0.25) is 9.79 Å². The standard InChI is InChI=1S/C17H25N5O3.HI/c1-4-14-13(15(5-2)25-22-14)10-20-17(18-3)21-11-16(23)19-9-12-7-6-8-24-12;/h6-8H,4-5,9-11H2,1-3H3,(H,19,23)(H2,18,20,21);1H. The Hall–Kier alpha value is -2.04. The molecule has 0 bridgehead atoms. The van der Waals surface area contributed by atoms with E-state index in [9.17, 15) is 4.79 Å². The number of nitrogens with zero attached hydrogens (tertiary/aromatic N) is 2. The number of hydrogen-bond acceptors (Lipinski definition) is 5. The zero-order valence-electron chi connectivity index (χ0n) is 15.3. The highest BCUT2D eigenvalue weighted by molar-refractivity contribution is 14.0. The van der Waals surface area contributed by atoms with E-state index in [1.165, 1.54) is 0 Å². The van der Waals surface area contributed by atoms with Crippen LogP contribution in [-0.2, 0) is 30.7 Å². The highest BCUT2D eigenvalue weighted by atomic mass is 127. The summed E-state index contributed by atoms with van der Waals surface area (Å²) in [5, 5.41) is 13.0. The number of guanidine groups is 1. The van der Waals surface area contributed by atoms with Gasteiger partial charge in [0.1, 0.15) is 11.5 Å². The normalized spacial score (nSPS) is 11.0. The zero-order chi connectivity index (χ0) is 18.1. The molecule has 2 heterocycles. The van der Waals surface area contributed by atoms with Crippen LogP contribution < -0.4 is 16.0 Å². The van der Waals surface area contributed by atoms with E-state index in [-0.39, 0.29) is 36.4 Å². The van der Waals surface area contributed by atoms with Crippen LogP contribution in [0.25, 0.3) is 0 Å². The van der Waals surface area contributed by atoms with Gasteiger partial charge in [0.2, 0.25) is 5.91 Å². The molecule has 0 unspecified atom stereocenters. The van der Waals surface area contributed by atoms with Gasteiger partial charge in [0, 0.05) is 25.6 Å². The Morgan fingerprint density at radius 1 is 1.19 bits per heavy atom. The largest absolute Gasteiger partial charge is 0.467 e. The first-order chi connectivity index (χ1) is 12.2. The molecule has 0 radical (unpaired) electrons. The molecule has 0 spiro atoms. The molecule has 1 amide bonds. The van der Waals surface area contributed by atoms with E-state index in [0.717, 1.165) is 29.9 Å². The second-order valence-electron chi connectivity index (χ2n) is 5.37. The lowest BCUT2D eigenvalue weighted by molar-refractivity contribution is -0.120. The van der Waals surface area contributed by atoms with Crippen LogP contribution in [0, 0.1) is 0 Å². The minimum atomic E-state index is -0.146. The van der Waals surface area contributed by atoms with Gasteiger partial charge in [-0.15, -0.1) is 24.0 Å². The van der Waals surface area contributed by atoms with Gasteiger partial charge in [0.25, 0.3) is 0 Å². The van der Waals surface area contributed by atoms with Gasteiger partial charge in [-0.25, -0.2) is 0 Å². The molecule has 9 heteroatoms. The zero-order valence-corrected chi connectivity index (χ0v) is 17.6. The molecular weight excluding hydrogens is 449 g/mol. The lowest BCUT2D eigenvalue weighted by atomic mass is 10.1. The predicted octanol–water partition coefficient (Wildman–Crippen LogP) is 1.99. The van der Waals surface area contributed by atoms with Crippen molar-refractivity contribution in [3.8, 4) is 0 Å². The summed E-state index contributed by atoms with van der Waals surface area (Å²) in [5.41, 5.74) is 1.99. The number of carbonyl (C=O) groups excluding carboxylic acids is 1. The van der Waals surface area contributed by atoms with Crippen LogP contribution in [0.5, 0.6) is 0 Å². The van der Waals surface area contributed by atoms with Crippen LogP contribution in [0.1, 0.15) is 36.6 Å². The summed E-state index contributed by atoms with van der Waals surface area (Å²) in [6.45, 7) is 5.09. The number of hydrogen-bond donors (Lipinski definition) is 3. The molecular formula is C17H26IN5O3. The fourth-order valence-electron chi connectivity index (χ4n) is 2.36. The Labute approximate surface area is 170 Å². The summed E-state index contributed by atoms with van der Waals surface area (Å²) in [6, 6.07) is 3.59. The third kappa shape index (κ3) is 6.36. The van der Waals surface area contributed by atoms with Gasteiger partial charge in [-0.05, 0) is 18.6 Å². The van der Waals surface area contributed by atoms with E-state index in [0.29, 0.717) is 24.8 Å². The monoisotopic (exact) mass is 475 g/mol. The Morgan fingerprint density at radius 3 is 2.62 bits per heavy atom. The topological polar surface area (TPSA) is 105 Å². The molecule has 0 saturated heterocycles. The number of nitrogens with one attached hydrogen (secondary N) is 3. The predicted molar refractivity (Wildman–Crippen MR) is 109 cm³/mol.